The van der Waals surface area contributed by atoms with E-state index in [0.717, 1.165) is 17.8 Å². The molecule has 17 heavy (non-hydrogen) atoms. The molecule has 0 fully saturated rings. The Bertz CT molecular complexity index is 470. The third-order valence-electron chi connectivity index (χ3n) is 2.21. The molecule has 0 aliphatic rings. The second-order valence-corrected chi connectivity index (χ2v) is 3.46. The minimum absolute atomic E-state index is 0.0560. The molecule has 0 spiro atoms. The molecule has 0 bridgehead atoms. The van der Waals surface area contributed by atoms with Gasteiger partial charge in [-0.25, -0.2) is 0 Å². The first kappa shape index (κ1) is 12.8. The zero-order chi connectivity index (χ0) is 12.7. The maximum atomic E-state index is 8.59. The molecule has 2 N–H and O–H groups in total. The van der Waals surface area contributed by atoms with Gasteiger partial charge in [0.05, 0.1) is 12.5 Å². The largest absolute Gasteiger partial charge is 0.354 e. The van der Waals surface area contributed by atoms with Crippen molar-refractivity contribution in [2.75, 3.05) is 18.0 Å². The number of hydrogen-bond acceptors (Lipinski definition) is 6. The van der Waals surface area contributed by atoms with Crippen LogP contribution in [-0.2, 0) is 0 Å². The lowest BCUT2D eigenvalue weighted by molar-refractivity contribution is 0.594. The minimum atomic E-state index is 0.0560. The Labute approximate surface area is 99.3 Å². The molecule has 0 atom stereocenters. The van der Waals surface area contributed by atoms with Crippen LogP contribution >= 0.6 is 0 Å². The van der Waals surface area contributed by atoms with Crippen LogP contribution in [0.2, 0.25) is 0 Å². The number of anilines is 1. The van der Waals surface area contributed by atoms with E-state index >= 15 is 0 Å². The lowest BCUT2D eigenvalue weighted by Crippen LogP contribution is -2.29. The predicted molar refractivity (Wildman–Crippen MR) is 61.4 cm³/mol. The second kappa shape index (κ2) is 6.37. The Kier molecular flexibility index (Phi) is 4.81. The van der Waals surface area contributed by atoms with Crippen LogP contribution in [-0.4, -0.2) is 23.0 Å². The molecule has 0 saturated carbocycles. The van der Waals surface area contributed by atoms with E-state index in [1.165, 1.54) is 6.07 Å². The second-order valence-electron chi connectivity index (χ2n) is 3.46. The summed E-state index contributed by atoms with van der Waals surface area (Å²) in [6.45, 7) is 3.41. The highest BCUT2D eigenvalue weighted by Gasteiger charge is 2.07. The van der Waals surface area contributed by atoms with Gasteiger partial charge in [0.1, 0.15) is 0 Å². The van der Waals surface area contributed by atoms with Gasteiger partial charge in [-0.2, -0.15) is 10.8 Å². The van der Waals surface area contributed by atoms with Crippen LogP contribution in [0.15, 0.2) is 17.4 Å². The van der Waals surface area contributed by atoms with Crippen molar-refractivity contribution in [1.29, 1.82) is 16.2 Å². The van der Waals surface area contributed by atoms with Gasteiger partial charge in [0.25, 0.3) is 0 Å². The highest BCUT2D eigenvalue weighted by Crippen LogP contribution is 2.08. The van der Waals surface area contributed by atoms with Crippen LogP contribution in [0.25, 0.3) is 0 Å². The molecule has 1 aromatic heterocycles. The lowest BCUT2D eigenvalue weighted by atomic mass is 10.3. The summed E-state index contributed by atoms with van der Waals surface area (Å²) in [5.74, 6) is 0.633. The molecular weight excluding hydrogens is 218 g/mol. The Morgan fingerprint density at radius 1 is 1.53 bits per heavy atom. The van der Waals surface area contributed by atoms with Gasteiger partial charge in [-0.3, -0.25) is 5.41 Å². The molecule has 90 valence electrons. The Balaban J connectivity index is 2.97. The van der Waals surface area contributed by atoms with Gasteiger partial charge in [0.15, 0.2) is 11.3 Å². The van der Waals surface area contributed by atoms with Crippen molar-refractivity contribution < 1.29 is 0 Å². The van der Waals surface area contributed by atoms with Gasteiger partial charge < -0.3 is 4.90 Å². The number of rotatable bonds is 6. The zero-order valence-electron chi connectivity index (χ0n) is 9.72. The third kappa shape index (κ3) is 3.38. The fourth-order valence-corrected chi connectivity index (χ4v) is 1.45. The van der Waals surface area contributed by atoms with Gasteiger partial charge in [-0.05, 0) is 18.6 Å². The Morgan fingerprint density at radius 2 is 2.29 bits per heavy atom. The first-order chi connectivity index (χ1) is 8.22. The average Bonchev–Trinajstić information content (AvgIpc) is 2.35. The predicted octanol–water partition coefficient (Wildman–Crippen LogP) is 1.29. The fraction of sp³-hybridized carbons (Fsp3) is 0.500. The number of nitrogens with zero attached hydrogens (tertiary/aromatic N) is 5. The summed E-state index contributed by atoms with van der Waals surface area (Å²) < 4.78 is 0. The topological polar surface area (TPSA) is 105 Å². The first-order valence-corrected chi connectivity index (χ1v) is 5.37. The summed E-state index contributed by atoms with van der Waals surface area (Å²) in [7, 11) is 0. The van der Waals surface area contributed by atoms with Crippen molar-refractivity contribution in [2.24, 2.45) is 5.22 Å². The molecule has 0 aliphatic carbocycles. The Morgan fingerprint density at radius 3 is 2.88 bits per heavy atom. The van der Waals surface area contributed by atoms with Crippen molar-refractivity contribution >= 4 is 5.82 Å². The maximum Gasteiger partial charge on any atom is 0.168 e. The summed E-state index contributed by atoms with van der Waals surface area (Å²) in [6.07, 6.45) is 1.36. The van der Waals surface area contributed by atoms with Gasteiger partial charge >= 0.3 is 0 Å². The quantitative estimate of drug-likeness (QED) is 0.723. The van der Waals surface area contributed by atoms with Crippen LogP contribution in [0.3, 0.4) is 0 Å². The summed E-state index contributed by atoms with van der Waals surface area (Å²) in [6, 6.07) is 5.34. The highest BCUT2D eigenvalue weighted by atomic mass is 15.6. The van der Waals surface area contributed by atoms with E-state index in [-0.39, 0.29) is 5.49 Å². The highest BCUT2D eigenvalue weighted by molar-refractivity contribution is 5.36. The van der Waals surface area contributed by atoms with E-state index in [2.05, 4.69) is 16.4 Å². The molecule has 7 heteroatoms. The van der Waals surface area contributed by atoms with Crippen LogP contribution < -0.4 is 10.4 Å². The SMILES string of the molecule is CCCN(CCC#N)c1ccc(=N)n(N=N)n1. The smallest absolute Gasteiger partial charge is 0.168 e. The summed E-state index contributed by atoms with van der Waals surface area (Å²) in [4.78, 5) is 2.90. The van der Waals surface area contributed by atoms with Crippen LogP contribution in [0.5, 0.6) is 0 Å². The molecule has 1 heterocycles. The van der Waals surface area contributed by atoms with Crippen LogP contribution in [0.4, 0.5) is 5.82 Å². The van der Waals surface area contributed by atoms with E-state index in [1.807, 2.05) is 11.8 Å². The maximum absolute atomic E-state index is 8.59. The van der Waals surface area contributed by atoms with Crippen LogP contribution in [0.1, 0.15) is 19.8 Å². The molecule has 1 rings (SSSR count). The zero-order valence-corrected chi connectivity index (χ0v) is 9.72. The number of nitriles is 1. The fourth-order valence-electron chi connectivity index (χ4n) is 1.45. The van der Waals surface area contributed by atoms with Crippen molar-refractivity contribution in [3.8, 4) is 6.07 Å². The van der Waals surface area contributed by atoms with Gasteiger partial charge in [-0.15, -0.1) is 9.89 Å². The third-order valence-corrected chi connectivity index (χ3v) is 2.21. The monoisotopic (exact) mass is 233 g/mol. The van der Waals surface area contributed by atoms with Crippen molar-refractivity contribution in [2.45, 2.75) is 19.8 Å². The van der Waals surface area contributed by atoms with Crippen molar-refractivity contribution in [1.82, 2.24) is 9.89 Å². The first-order valence-electron chi connectivity index (χ1n) is 5.37. The number of hydrogen-bond donors (Lipinski definition) is 2. The minimum Gasteiger partial charge on any atom is -0.354 e. The Hall–Kier alpha value is -2.23. The molecule has 1 aromatic rings. The average molecular weight is 233 g/mol. The molecule has 0 aliphatic heterocycles. The standard InChI is InChI=1S/C10H15N7/c1-2-7-16(8-3-6-11)10-5-4-9(12)17(14-10)15-13/h4-5,12-13H,2-3,7-8H2,1H3. The molecule has 0 radical (unpaired) electrons. The van der Waals surface area contributed by atoms with Gasteiger partial charge in [0.2, 0.25) is 0 Å². The number of aromatic nitrogens is 2. The van der Waals surface area contributed by atoms with Crippen molar-refractivity contribution in [3.63, 3.8) is 0 Å². The van der Waals surface area contributed by atoms with E-state index < -0.39 is 0 Å². The molecule has 0 aromatic carbocycles. The van der Waals surface area contributed by atoms with E-state index in [9.17, 15) is 0 Å². The normalized spacial score (nSPS) is 9.65. The summed E-state index contributed by atoms with van der Waals surface area (Å²) in [5.41, 5.74) is 6.95. The lowest BCUT2D eigenvalue weighted by Gasteiger charge is -2.21. The van der Waals surface area contributed by atoms with Crippen LogP contribution in [0, 0.1) is 22.3 Å². The van der Waals surface area contributed by atoms with Crippen molar-refractivity contribution in [3.05, 3.63) is 17.6 Å². The van der Waals surface area contributed by atoms with Gasteiger partial charge in [-0.1, -0.05) is 12.1 Å². The molecular formula is C10H15N7. The number of nitrogens with one attached hydrogen (secondary N) is 2. The molecule has 0 amide bonds. The summed E-state index contributed by atoms with van der Waals surface area (Å²) >= 11 is 0. The van der Waals surface area contributed by atoms with E-state index in [1.54, 1.807) is 6.07 Å². The van der Waals surface area contributed by atoms with Gasteiger partial charge in [0, 0.05) is 13.1 Å². The molecule has 0 saturated heterocycles. The molecule has 7 nitrogen and oxygen atoms in total. The molecule has 0 unspecified atom stereocenters. The summed E-state index contributed by atoms with van der Waals surface area (Å²) in [5, 5.41) is 23.2. The van der Waals surface area contributed by atoms with E-state index in [0.29, 0.717) is 18.8 Å². The van der Waals surface area contributed by atoms with E-state index in [4.69, 9.17) is 16.2 Å².